The number of para-hydroxylation sites is 4. The maximum absolute atomic E-state index is 6.15. The van der Waals surface area contributed by atoms with Crippen LogP contribution in [-0.4, -0.2) is 14.0 Å². The van der Waals surface area contributed by atoms with Gasteiger partial charge in [-0.05, 0) is 58.4 Å². The molecule has 7 rings (SSSR count). The van der Waals surface area contributed by atoms with E-state index in [2.05, 4.69) is 85.6 Å². The molecule has 3 heterocycles. The summed E-state index contributed by atoms with van der Waals surface area (Å²) in [6, 6.07) is 29.1. The molecule has 0 aliphatic heterocycles. The van der Waals surface area contributed by atoms with Crippen molar-refractivity contribution in [2.75, 3.05) is 0 Å². The van der Waals surface area contributed by atoms with Gasteiger partial charge in [0.1, 0.15) is 11.2 Å². The predicted octanol–water partition coefficient (Wildman–Crippen LogP) is 7.09. The summed E-state index contributed by atoms with van der Waals surface area (Å²) in [6.45, 7) is 0. The Morgan fingerprint density at radius 2 is 1.53 bits per heavy atom. The molecule has 142 valence electrons. The molecule has 0 saturated heterocycles. The van der Waals surface area contributed by atoms with Gasteiger partial charge in [-0.3, -0.25) is 8.97 Å². The van der Waals surface area contributed by atoms with Gasteiger partial charge in [0.15, 0.2) is 0 Å². The van der Waals surface area contributed by atoms with Gasteiger partial charge in [0, 0.05) is 21.3 Å². The fourth-order valence-electron chi connectivity index (χ4n) is 4.50. The van der Waals surface area contributed by atoms with E-state index in [-0.39, 0.29) is 0 Å². The summed E-state index contributed by atoms with van der Waals surface area (Å²) in [4.78, 5) is 4.97. The van der Waals surface area contributed by atoms with Gasteiger partial charge in [0.2, 0.25) is 5.78 Å². The van der Waals surface area contributed by atoms with Gasteiger partial charge in [-0.25, -0.2) is 4.98 Å². The van der Waals surface area contributed by atoms with E-state index in [4.69, 9.17) is 9.40 Å². The summed E-state index contributed by atoms with van der Waals surface area (Å²) < 4.78 is 11.6. The Kier molecular flexibility index (Phi) is 3.11. The Labute approximate surface area is 179 Å². The molecule has 0 aliphatic rings. The van der Waals surface area contributed by atoms with Gasteiger partial charge < -0.3 is 4.42 Å². The van der Waals surface area contributed by atoms with E-state index >= 15 is 0 Å². The van der Waals surface area contributed by atoms with Crippen LogP contribution in [0.25, 0.3) is 55.5 Å². The first-order valence-corrected chi connectivity index (χ1v) is 10.6. The van der Waals surface area contributed by atoms with Crippen LogP contribution in [0.4, 0.5) is 0 Å². The maximum atomic E-state index is 6.15. The van der Waals surface area contributed by atoms with Gasteiger partial charge in [-0.2, -0.15) is 0 Å². The zero-order chi connectivity index (χ0) is 19.8. The monoisotopic (exact) mass is 451 g/mol. The average Bonchev–Trinajstić information content (AvgIpc) is 3.42. The fourth-order valence-corrected chi connectivity index (χ4v) is 5.04. The maximum Gasteiger partial charge on any atom is 0.220 e. The van der Waals surface area contributed by atoms with Crippen molar-refractivity contribution in [1.82, 2.24) is 14.0 Å². The van der Waals surface area contributed by atoms with Gasteiger partial charge >= 0.3 is 0 Å². The molecule has 7 aromatic rings. The number of hydrogen-bond donors (Lipinski definition) is 0. The van der Waals surface area contributed by atoms with Gasteiger partial charge in [0.05, 0.1) is 27.8 Å². The third kappa shape index (κ3) is 2.02. The highest BCUT2D eigenvalue weighted by atomic mass is 79.9. The molecule has 0 fully saturated rings. The largest absolute Gasteiger partial charge is 0.456 e. The van der Waals surface area contributed by atoms with Crippen LogP contribution in [-0.2, 0) is 0 Å². The van der Waals surface area contributed by atoms with E-state index in [1.807, 2.05) is 24.3 Å². The summed E-state index contributed by atoms with van der Waals surface area (Å²) in [7, 11) is 0. The number of furan rings is 1. The summed E-state index contributed by atoms with van der Waals surface area (Å²) in [5.41, 5.74) is 7.06. The van der Waals surface area contributed by atoms with Crippen molar-refractivity contribution in [3.8, 4) is 5.69 Å². The van der Waals surface area contributed by atoms with Crippen LogP contribution in [0.15, 0.2) is 93.8 Å². The van der Waals surface area contributed by atoms with Crippen molar-refractivity contribution >= 4 is 65.7 Å². The van der Waals surface area contributed by atoms with E-state index in [1.165, 1.54) is 0 Å². The lowest BCUT2D eigenvalue weighted by Gasteiger charge is -2.06. The molecule has 30 heavy (non-hydrogen) atoms. The Morgan fingerprint density at radius 1 is 0.733 bits per heavy atom. The lowest BCUT2D eigenvalue weighted by molar-refractivity contribution is 0.668. The van der Waals surface area contributed by atoms with Crippen LogP contribution in [0.1, 0.15) is 0 Å². The first-order chi connectivity index (χ1) is 14.8. The molecule has 0 aliphatic carbocycles. The quantitative estimate of drug-likeness (QED) is 0.267. The Hall–Kier alpha value is -3.57. The molecular formula is C25H14BrN3O. The highest BCUT2D eigenvalue weighted by Crippen LogP contribution is 2.35. The highest BCUT2D eigenvalue weighted by Gasteiger charge is 2.19. The van der Waals surface area contributed by atoms with E-state index in [1.54, 1.807) is 0 Å². The molecule has 0 unspecified atom stereocenters. The van der Waals surface area contributed by atoms with E-state index in [9.17, 15) is 0 Å². The van der Waals surface area contributed by atoms with E-state index < -0.39 is 0 Å². The molecular weight excluding hydrogens is 438 g/mol. The molecule has 0 amide bonds. The van der Waals surface area contributed by atoms with Crippen LogP contribution in [0.2, 0.25) is 0 Å². The second-order valence-electron chi connectivity index (χ2n) is 7.46. The number of nitrogens with zero attached hydrogens (tertiary/aromatic N) is 3. The Morgan fingerprint density at radius 3 is 2.50 bits per heavy atom. The Balaban J connectivity index is 1.65. The lowest BCUT2D eigenvalue weighted by atomic mass is 10.1. The standard InChI is InChI=1S/C25H14BrN3O/c26-18-7-5-10-21-24(18)28(25-27-19-8-2-3-9-20(19)29(21)25)15-12-13-17-16-6-1-4-11-22(16)30-23(17)14-15/h1-14H. The number of aromatic nitrogens is 3. The smallest absolute Gasteiger partial charge is 0.220 e. The first kappa shape index (κ1) is 16.3. The second kappa shape index (κ2) is 5.74. The zero-order valence-electron chi connectivity index (χ0n) is 15.7. The van der Waals surface area contributed by atoms with E-state index in [0.717, 1.165) is 59.9 Å². The number of rotatable bonds is 1. The molecule has 4 aromatic carbocycles. The third-order valence-corrected chi connectivity index (χ3v) is 6.43. The van der Waals surface area contributed by atoms with Crippen LogP contribution < -0.4 is 0 Å². The minimum Gasteiger partial charge on any atom is -0.456 e. The van der Waals surface area contributed by atoms with Crippen molar-refractivity contribution in [3.05, 3.63) is 89.4 Å². The Bertz CT molecular complexity index is 1770. The highest BCUT2D eigenvalue weighted by molar-refractivity contribution is 9.10. The fraction of sp³-hybridized carbons (Fsp3) is 0. The van der Waals surface area contributed by atoms with Crippen molar-refractivity contribution in [2.24, 2.45) is 0 Å². The predicted molar refractivity (Wildman–Crippen MR) is 125 cm³/mol. The molecule has 0 bridgehead atoms. The molecule has 0 N–H and O–H groups in total. The van der Waals surface area contributed by atoms with Gasteiger partial charge in [0.25, 0.3) is 0 Å². The van der Waals surface area contributed by atoms with Gasteiger partial charge in [-0.1, -0.05) is 36.4 Å². The minimum absolute atomic E-state index is 0.872. The number of fused-ring (bicyclic) bond motifs is 8. The molecule has 0 atom stereocenters. The minimum atomic E-state index is 0.872. The van der Waals surface area contributed by atoms with Gasteiger partial charge in [-0.15, -0.1) is 0 Å². The molecule has 5 heteroatoms. The molecule has 0 spiro atoms. The van der Waals surface area contributed by atoms with Crippen molar-refractivity contribution in [3.63, 3.8) is 0 Å². The molecule has 4 nitrogen and oxygen atoms in total. The van der Waals surface area contributed by atoms with Crippen LogP contribution >= 0.6 is 15.9 Å². The van der Waals surface area contributed by atoms with Crippen LogP contribution in [0.5, 0.6) is 0 Å². The first-order valence-electron chi connectivity index (χ1n) is 9.77. The number of benzene rings is 4. The zero-order valence-corrected chi connectivity index (χ0v) is 17.3. The van der Waals surface area contributed by atoms with Crippen molar-refractivity contribution in [1.29, 1.82) is 0 Å². The van der Waals surface area contributed by atoms with Crippen LogP contribution in [0, 0.1) is 0 Å². The number of hydrogen-bond acceptors (Lipinski definition) is 2. The van der Waals surface area contributed by atoms with Crippen LogP contribution in [0.3, 0.4) is 0 Å². The summed E-state index contributed by atoms with van der Waals surface area (Å²) in [6.07, 6.45) is 0. The average molecular weight is 452 g/mol. The SMILES string of the molecule is Brc1cccc2c1n(-c1ccc3c(c1)oc1ccccc13)c1nc3ccccc3n21. The number of imidazole rings is 2. The van der Waals surface area contributed by atoms with Crippen molar-refractivity contribution in [2.45, 2.75) is 0 Å². The normalized spacial score (nSPS) is 12.2. The molecule has 3 aromatic heterocycles. The summed E-state index contributed by atoms with van der Waals surface area (Å²) in [5.74, 6) is 0.883. The van der Waals surface area contributed by atoms with Crippen molar-refractivity contribution < 1.29 is 4.42 Å². The molecule has 0 saturated carbocycles. The number of halogens is 1. The summed E-state index contributed by atoms with van der Waals surface area (Å²) in [5, 5.41) is 2.25. The lowest BCUT2D eigenvalue weighted by Crippen LogP contribution is -1.95. The molecule has 0 radical (unpaired) electrons. The summed E-state index contributed by atoms with van der Waals surface area (Å²) >= 11 is 3.76. The second-order valence-corrected chi connectivity index (χ2v) is 8.31. The topological polar surface area (TPSA) is 35.4 Å². The van der Waals surface area contributed by atoms with E-state index in [0.29, 0.717) is 0 Å². The third-order valence-electron chi connectivity index (χ3n) is 5.79.